The highest BCUT2D eigenvalue weighted by Gasteiger charge is 2.19. The lowest BCUT2D eigenvalue weighted by Crippen LogP contribution is -2.43. The van der Waals surface area contributed by atoms with Gasteiger partial charge in [-0.25, -0.2) is 0 Å². The largest absolute Gasteiger partial charge is 0.376 e. The number of hydrogen-bond donors (Lipinski definition) is 1. The molecule has 84 valence electrons. The molecule has 0 aromatic rings. The Morgan fingerprint density at radius 3 is 2.07 bits per heavy atom. The number of rotatable bonds is 4. The zero-order valence-corrected chi connectivity index (χ0v) is 10.2. The Labute approximate surface area is 87.2 Å². The molecule has 0 aromatic heterocycles. The summed E-state index contributed by atoms with van der Waals surface area (Å²) in [5, 5.41) is 2.89. The molecule has 0 rings (SSSR count). The summed E-state index contributed by atoms with van der Waals surface area (Å²) in [6.45, 7) is 12.3. The van der Waals surface area contributed by atoms with E-state index < -0.39 is 0 Å². The lowest BCUT2D eigenvalue weighted by molar-refractivity contribution is -0.120. The third kappa shape index (κ3) is 8.05. The number of hydrogen-bond acceptors (Lipinski definition) is 2. The van der Waals surface area contributed by atoms with Gasteiger partial charge in [0.25, 0.3) is 0 Å². The highest BCUT2D eigenvalue weighted by molar-refractivity contribution is 5.73. The molecule has 0 heterocycles. The van der Waals surface area contributed by atoms with E-state index in [0.717, 1.165) is 6.42 Å². The van der Waals surface area contributed by atoms with Crippen molar-refractivity contribution in [2.24, 2.45) is 0 Å². The molecule has 0 aliphatic rings. The molecule has 0 spiro atoms. The molecule has 14 heavy (non-hydrogen) atoms. The first-order valence-corrected chi connectivity index (χ1v) is 5.05. The maximum absolute atomic E-state index is 10.9. The molecule has 0 saturated carbocycles. The molecule has 0 radical (unpaired) electrons. The molecule has 1 amide bonds. The predicted octanol–water partition coefficient (Wildman–Crippen LogP) is 2.11. The van der Waals surface area contributed by atoms with E-state index in [1.54, 1.807) is 0 Å². The molecule has 0 unspecified atom stereocenters. The van der Waals surface area contributed by atoms with Crippen molar-refractivity contribution in [2.75, 3.05) is 6.61 Å². The van der Waals surface area contributed by atoms with E-state index in [1.165, 1.54) is 6.92 Å². The highest BCUT2D eigenvalue weighted by atomic mass is 16.5. The first kappa shape index (κ1) is 13.4. The van der Waals surface area contributed by atoms with Crippen molar-refractivity contribution in [1.29, 1.82) is 0 Å². The van der Waals surface area contributed by atoms with Gasteiger partial charge in [0.15, 0.2) is 0 Å². The maximum atomic E-state index is 10.9. The fourth-order valence-corrected chi connectivity index (χ4v) is 1.15. The standard InChI is InChI=1S/C11H23NO2/c1-9(13)12-11(5,6)7-8-14-10(2,3)4/h7-8H2,1-6H3,(H,12,13). The number of nitrogens with one attached hydrogen (secondary N) is 1. The van der Waals surface area contributed by atoms with E-state index in [0.29, 0.717) is 6.61 Å². The molecule has 0 aliphatic heterocycles. The normalized spacial score (nSPS) is 12.7. The van der Waals surface area contributed by atoms with Gasteiger partial charge in [-0.05, 0) is 41.0 Å². The van der Waals surface area contributed by atoms with Crippen LogP contribution in [0.2, 0.25) is 0 Å². The molecule has 0 aliphatic carbocycles. The van der Waals surface area contributed by atoms with Crippen LogP contribution in [0.1, 0.15) is 48.0 Å². The van der Waals surface area contributed by atoms with Crippen LogP contribution in [0.3, 0.4) is 0 Å². The summed E-state index contributed by atoms with van der Waals surface area (Å²) in [5.41, 5.74) is -0.288. The van der Waals surface area contributed by atoms with E-state index in [9.17, 15) is 4.79 Å². The van der Waals surface area contributed by atoms with Crippen LogP contribution in [0.5, 0.6) is 0 Å². The van der Waals surface area contributed by atoms with Crippen molar-refractivity contribution in [2.45, 2.75) is 59.1 Å². The Morgan fingerprint density at radius 1 is 1.21 bits per heavy atom. The summed E-state index contributed by atoms with van der Waals surface area (Å²) in [5.74, 6) is 0.00533. The monoisotopic (exact) mass is 201 g/mol. The Balaban J connectivity index is 3.82. The second-order valence-electron chi connectivity index (χ2n) is 5.28. The number of ether oxygens (including phenoxy) is 1. The Hall–Kier alpha value is -0.570. The summed E-state index contributed by atoms with van der Waals surface area (Å²) in [4.78, 5) is 10.9. The topological polar surface area (TPSA) is 38.3 Å². The molecule has 0 atom stereocenters. The number of amides is 1. The van der Waals surface area contributed by atoms with Gasteiger partial charge in [0.1, 0.15) is 0 Å². The van der Waals surface area contributed by atoms with Gasteiger partial charge < -0.3 is 10.1 Å². The molecule has 3 nitrogen and oxygen atoms in total. The van der Waals surface area contributed by atoms with E-state index in [4.69, 9.17) is 4.74 Å². The van der Waals surface area contributed by atoms with Crippen LogP contribution in [0.25, 0.3) is 0 Å². The van der Waals surface area contributed by atoms with Gasteiger partial charge in [0, 0.05) is 19.1 Å². The second kappa shape index (κ2) is 4.78. The summed E-state index contributed by atoms with van der Waals surface area (Å²) in [7, 11) is 0. The predicted molar refractivity (Wildman–Crippen MR) is 58.2 cm³/mol. The first-order valence-electron chi connectivity index (χ1n) is 5.05. The van der Waals surface area contributed by atoms with Crippen LogP contribution in [0.4, 0.5) is 0 Å². The van der Waals surface area contributed by atoms with Gasteiger partial charge >= 0.3 is 0 Å². The van der Waals surface area contributed by atoms with Gasteiger partial charge in [0.05, 0.1) is 5.60 Å². The highest BCUT2D eigenvalue weighted by Crippen LogP contribution is 2.12. The molecule has 0 fully saturated rings. The summed E-state index contributed by atoms with van der Waals surface area (Å²) in [6.07, 6.45) is 0.823. The van der Waals surface area contributed by atoms with Crippen LogP contribution in [-0.4, -0.2) is 23.7 Å². The molecule has 0 aromatic carbocycles. The maximum Gasteiger partial charge on any atom is 0.217 e. The molecular weight excluding hydrogens is 178 g/mol. The second-order valence-corrected chi connectivity index (χ2v) is 5.28. The van der Waals surface area contributed by atoms with Crippen LogP contribution >= 0.6 is 0 Å². The van der Waals surface area contributed by atoms with Gasteiger partial charge in [-0.15, -0.1) is 0 Å². The molecule has 0 saturated heterocycles. The molecular formula is C11H23NO2. The van der Waals surface area contributed by atoms with Crippen LogP contribution in [-0.2, 0) is 9.53 Å². The van der Waals surface area contributed by atoms with Gasteiger partial charge in [-0.3, -0.25) is 4.79 Å². The van der Waals surface area contributed by atoms with E-state index >= 15 is 0 Å². The Kier molecular flexibility index (Phi) is 4.59. The third-order valence-electron chi connectivity index (χ3n) is 1.78. The number of carbonyl (C=O) groups excluding carboxylic acids is 1. The SMILES string of the molecule is CC(=O)NC(C)(C)CCOC(C)(C)C. The molecule has 1 N–H and O–H groups in total. The van der Waals surface area contributed by atoms with Crippen LogP contribution < -0.4 is 5.32 Å². The number of carbonyl (C=O) groups is 1. The van der Waals surface area contributed by atoms with Crippen molar-refractivity contribution in [3.8, 4) is 0 Å². The van der Waals surface area contributed by atoms with Gasteiger partial charge in [-0.1, -0.05) is 0 Å². The minimum Gasteiger partial charge on any atom is -0.376 e. The Bertz CT molecular complexity index is 192. The third-order valence-corrected chi connectivity index (χ3v) is 1.78. The van der Waals surface area contributed by atoms with Crippen molar-refractivity contribution in [1.82, 2.24) is 5.32 Å². The van der Waals surface area contributed by atoms with Crippen LogP contribution in [0.15, 0.2) is 0 Å². The minimum absolute atomic E-state index is 0.00533. The summed E-state index contributed by atoms with van der Waals surface area (Å²) < 4.78 is 5.60. The first-order chi connectivity index (χ1) is 6.12. The van der Waals surface area contributed by atoms with Gasteiger partial charge in [0.2, 0.25) is 5.91 Å². The lowest BCUT2D eigenvalue weighted by Gasteiger charge is -2.28. The average Bonchev–Trinajstić information content (AvgIpc) is 1.78. The van der Waals surface area contributed by atoms with Crippen molar-refractivity contribution in [3.63, 3.8) is 0 Å². The zero-order chi connectivity index (χ0) is 11.4. The van der Waals surface area contributed by atoms with E-state index in [1.807, 2.05) is 34.6 Å². The van der Waals surface area contributed by atoms with Crippen LogP contribution in [0, 0.1) is 0 Å². The smallest absolute Gasteiger partial charge is 0.217 e. The molecule has 3 heteroatoms. The fraction of sp³-hybridized carbons (Fsp3) is 0.909. The van der Waals surface area contributed by atoms with E-state index in [-0.39, 0.29) is 17.0 Å². The Morgan fingerprint density at radius 2 is 1.71 bits per heavy atom. The van der Waals surface area contributed by atoms with Crippen molar-refractivity contribution in [3.05, 3.63) is 0 Å². The van der Waals surface area contributed by atoms with E-state index in [2.05, 4.69) is 5.32 Å². The zero-order valence-electron chi connectivity index (χ0n) is 10.2. The summed E-state index contributed by atoms with van der Waals surface area (Å²) >= 11 is 0. The van der Waals surface area contributed by atoms with Crippen molar-refractivity contribution < 1.29 is 9.53 Å². The molecule has 0 bridgehead atoms. The quantitative estimate of drug-likeness (QED) is 0.756. The lowest BCUT2D eigenvalue weighted by atomic mass is 10.0. The van der Waals surface area contributed by atoms with Gasteiger partial charge in [-0.2, -0.15) is 0 Å². The average molecular weight is 201 g/mol. The minimum atomic E-state index is -0.183. The fourth-order valence-electron chi connectivity index (χ4n) is 1.15. The van der Waals surface area contributed by atoms with Crippen molar-refractivity contribution >= 4 is 5.91 Å². The summed E-state index contributed by atoms with van der Waals surface area (Å²) in [6, 6.07) is 0.